The molecule has 0 heterocycles. The van der Waals surface area contributed by atoms with E-state index in [1.54, 1.807) is 0 Å². The second kappa shape index (κ2) is 5.81. The van der Waals surface area contributed by atoms with Gasteiger partial charge in [-0.2, -0.15) is 0 Å². The molecule has 0 spiro atoms. The van der Waals surface area contributed by atoms with Gasteiger partial charge in [0, 0.05) is 24.7 Å². The van der Waals surface area contributed by atoms with Gasteiger partial charge >= 0.3 is 0 Å². The fourth-order valence-corrected chi connectivity index (χ4v) is 1.97. The molecule has 0 aliphatic carbocycles. The average Bonchev–Trinajstić information content (AvgIpc) is 2.29. The SMILES string of the molecule is CC(N(C)Cc1ccc(F)c(CN)c1)C(C)(C)C. The van der Waals surface area contributed by atoms with Gasteiger partial charge in [0.15, 0.2) is 0 Å². The zero-order valence-corrected chi connectivity index (χ0v) is 12.1. The van der Waals surface area contributed by atoms with Gasteiger partial charge < -0.3 is 5.73 Å². The van der Waals surface area contributed by atoms with E-state index in [0.717, 1.165) is 12.1 Å². The first kappa shape index (κ1) is 15.1. The third-order valence-electron chi connectivity index (χ3n) is 3.68. The van der Waals surface area contributed by atoms with Crippen LogP contribution in [0.4, 0.5) is 4.39 Å². The van der Waals surface area contributed by atoms with Crippen LogP contribution in [0.2, 0.25) is 0 Å². The Bertz CT molecular complexity index is 396. The molecule has 0 aliphatic heterocycles. The first-order valence-electron chi connectivity index (χ1n) is 6.43. The summed E-state index contributed by atoms with van der Waals surface area (Å²) in [6, 6.07) is 5.65. The van der Waals surface area contributed by atoms with E-state index in [1.807, 2.05) is 12.1 Å². The Hall–Kier alpha value is -0.930. The first-order chi connectivity index (χ1) is 8.25. The molecule has 1 rings (SSSR count). The van der Waals surface area contributed by atoms with Crippen LogP contribution in [0.25, 0.3) is 0 Å². The number of benzene rings is 1. The van der Waals surface area contributed by atoms with Crippen LogP contribution in [0, 0.1) is 11.2 Å². The Morgan fingerprint density at radius 1 is 1.33 bits per heavy atom. The van der Waals surface area contributed by atoms with Crippen molar-refractivity contribution in [2.75, 3.05) is 7.05 Å². The van der Waals surface area contributed by atoms with Crippen molar-refractivity contribution < 1.29 is 4.39 Å². The molecule has 1 unspecified atom stereocenters. The third kappa shape index (κ3) is 3.79. The molecule has 18 heavy (non-hydrogen) atoms. The maximum Gasteiger partial charge on any atom is 0.127 e. The lowest BCUT2D eigenvalue weighted by molar-refractivity contribution is 0.134. The van der Waals surface area contributed by atoms with Crippen LogP contribution in [0.3, 0.4) is 0 Å². The summed E-state index contributed by atoms with van der Waals surface area (Å²) in [7, 11) is 2.10. The molecule has 1 atom stereocenters. The minimum Gasteiger partial charge on any atom is -0.326 e. The molecular formula is C15H25FN2. The van der Waals surface area contributed by atoms with Crippen LogP contribution in [0.15, 0.2) is 18.2 Å². The number of hydrogen-bond donors (Lipinski definition) is 1. The zero-order chi connectivity index (χ0) is 13.9. The highest BCUT2D eigenvalue weighted by atomic mass is 19.1. The largest absolute Gasteiger partial charge is 0.326 e. The van der Waals surface area contributed by atoms with Crippen LogP contribution in [0.5, 0.6) is 0 Å². The second-order valence-corrected chi connectivity index (χ2v) is 6.09. The van der Waals surface area contributed by atoms with Gasteiger partial charge in [-0.15, -0.1) is 0 Å². The van der Waals surface area contributed by atoms with Crippen LogP contribution < -0.4 is 5.73 Å². The molecule has 0 saturated carbocycles. The first-order valence-corrected chi connectivity index (χ1v) is 6.43. The van der Waals surface area contributed by atoms with E-state index in [2.05, 4.69) is 39.6 Å². The van der Waals surface area contributed by atoms with E-state index in [0.29, 0.717) is 11.6 Å². The number of rotatable bonds is 4. The van der Waals surface area contributed by atoms with E-state index in [4.69, 9.17) is 5.73 Å². The fourth-order valence-electron chi connectivity index (χ4n) is 1.97. The number of nitrogens with two attached hydrogens (primary N) is 1. The molecule has 0 amide bonds. The van der Waals surface area contributed by atoms with Gasteiger partial charge in [0.25, 0.3) is 0 Å². The Morgan fingerprint density at radius 2 is 1.94 bits per heavy atom. The summed E-state index contributed by atoms with van der Waals surface area (Å²) in [6.07, 6.45) is 0. The summed E-state index contributed by atoms with van der Waals surface area (Å²) in [5.74, 6) is -0.215. The summed E-state index contributed by atoms with van der Waals surface area (Å²) in [5, 5.41) is 0. The second-order valence-electron chi connectivity index (χ2n) is 6.09. The standard InChI is InChI=1S/C15H25FN2/c1-11(15(2,3)4)18(5)10-12-6-7-14(16)13(8-12)9-17/h6-8,11H,9-10,17H2,1-5H3. The van der Waals surface area contributed by atoms with Crippen molar-refractivity contribution in [1.82, 2.24) is 4.90 Å². The highest BCUT2D eigenvalue weighted by molar-refractivity contribution is 5.25. The average molecular weight is 252 g/mol. The fraction of sp³-hybridized carbons (Fsp3) is 0.600. The quantitative estimate of drug-likeness (QED) is 0.892. The van der Waals surface area contributed by atoms with Crippen molar-refractivity contribution in [3.63, 3.8) is 0 Å². The van der Waals surface area contributed by atoms with Gasteiger partial charge in [-0.1, -0.05) is 32.9 Å². The van der Waals surface area contributed by atoms with E-state index in [1.165, 1.54) is 6.07 Å². The van der Waals surface area contributed by atoms with Crippen LogP contribution in [0.1, 0.15) is 38.8 Å². The molecule has 2 nitrogen and oxygen atoms in total. The van der Waals surface area contributed by atoms with Crippen LogP contribution >= 0.6 is 0 Å². The number of hydrogen-bond acceptors (Lipinski definition) is 2. The molecule has 0 aromatic heterocycles. The summed E-state index contributed by atoms with van der Waals surface area (Å²) in [6.45, 7) is 9.95. The highest BCUT2D eigenvalue weighted by Gasteiger charge is 2.23. The Kier molecular flexibility index (Phi) is 4.88. The van der Waals surface area contributed by atoms with Gasteiger partial charge in [-0.3, -0.25) is 4.90 Å². The summed E-state index contributed by atoms with van der Waals surface area (Å²) < 4.78 is 13.4. The predicted molar refractivity (Wildman–Crippen MR) is 74.7 cm³/mol. The highest BCUT2D eigenvalue weighted by Crippen LogP contribution is 2.24. The monoisotopic (exact) mass is 252 g/mol. The molecule has 0 fully saturated rings. The van der Waals surface area contributed by atoms with E-state index < -0.39 is 0 Å². The van der Waals surface area contributed by atoms with Gasteiger partial charge in [-0.25, -0.2) is 4.39 Å². The molecule has 2 N–H and O–H groups in total. The predicted octanol–water partition coefficient (Wildman–Crippen LogP) is 3.15. The smallest absolute Gasteiger partial charge is 0.127 e. The maximum atomic E-state index is 13.4. The van der Waals surface area contributed by atoms with E-state index in [9.17, 15) is 4.39 Å². The lowest BCUT2D eigenvalue weighted by Crippen LogP contribution is -2.38. The van der Waals surface area contributed by atoms with Gasteiger partial charge in [0.05, 0.1) is 0 Å². The summed E-state index contributed by atoms with van der Waals surface area (Å²) >= 11 is 0. The molecule has 102 valence electrons. The minimum atomic E-state index is -0.215. The lowest BCUT2D eigenvalue weighted by Gasteiger charge is -2.35. The number of halogens is 1. The van der Waals surface area contributed by atoms with E-state index >= 15 is 0 Å². The van der Waals surface area contributed by atoms with Crippen LogP contribution in [-0.2, 0) is 13.1 Å². The Labute approximate surface area is 110 Å². The Balaban J connectivity index is 2.79. The van der Waals surface area contributed by atoms with Crippen molar-refractivity contribution in [3.8, 4) is 0 Å². The molecule has 0 aliphatic rings. The molecule has 3 heteroatoms. The zero-order valence-electron chi connectivity index (χ0n) is 12.1. The van der Waals surface area contributed by atoms with Crippen molar-refractivity contribution in [1.29, 1.82) is 0 Å². The van der Waals surface area contributed by atoms with Gasteiger partial charge in [-0.05, 0) is 31.0 Å². The molecular weight excluding hydrogens is 227 g/mol. The normalized spacial score (nSPS) is 14.0. The van der Waals surface area contributed by atoms with E-state index in [-0.39, 0.29) is 17.8 Å². The summed E-state index contributed by atoms with van der Waals surface area (Å²) in [4.78, 5) is 2.29. The molecule has 1 aromatic carbocycles. The molecule has 0 saturated heterocycles. The third-order valence-corrected chi connectivity index (χ3v) is 3.68. The lowest BCUT2D eigenvalue weighted by atomic mass is 9.87. The maximum absolute atomic E-state index is 13.4. The summed E-state index contributed by atoms with van der Waals surface area (Å²) in [5.41, 5.74) is 7.45. The van der Waals surface area contributed by atoms with Crippen molar-refractivity contribution in [2.45, 2.75) is 46.8 Å². The van der Waals surface area contributed by atoms with Crippen molar-refractivity contribution >= 4 is 0 Å². The Morgan fingerprint density at radius 3 is 2.44 bits per heavy atom. The molecule has 0 radical (unpaired) electrons. The minimum absolute atomic E-state index is 0.215. The molecule has 0 bridgehead atoms. The van der Waals surface area contributed by atoms with Crippen molar-refractivity contribution in [2.24, 2.45) is 11.1 Å². The molecule has 1 aromatic rings. The topological polar surface area (TPSA) is 29.3 Å². The van der Waals surface area contributed by atoms with Crippen LogP contribution in [-0.4, -0.2) is 18.0 Å². The van der Waals surface area contributed by atoms with Gasteiger partial charge in [0.2, 0.25) is 0 Å². The van der Waals surface area contributed by atoms with Gasteiger partial charge in [0.1, 0.15) is 5.82 Å². The van der Waals surface area contributed by atoms with Crippen molar-refractivity contribution in [3.05, 3.63) is 35.1 Å². The number of nitrogens with zero attached hydrogens (tertiary/aromatic N) is 1.